The molecule has 436 valence electrons. The first-order valence-electron chi connectivity index (χ1n) is 30.6. The minimum Gasteiger partial charge on any atom is -0.756 e. The highest BCUT2D eigenvalue weighted by atomic mass is 31.2. The maximum atomic E-state index is 12.8. The van der Waals surface area contributed by atoms with Crippen LogP contribution in [0.1, 0.15) is 245 Å². The zero-order chi connectivity index (χ0) is 55.6. The lowest BCUT2D eigenvalue weighted by atomic mass is 10.0. The number of nitrogens with zero attached hydrogens (tertiary/aromatic N) is 1. The summed E-state index contributed by atoms with van der Waals surface area (Å²) in [5.74, 6) is -0.847. The number of esters is 2. The fourth-order valence-electron chi connectivity index (χ4n) is 8.08. The van der Waals surface area contributed by atoms with Gasteiger partial charge in [-0.25, -0.2) is 0 Å². The van der Waals surface area contributed by atoms with E-state index in [1.807, 2.05) is 21.1 Å². The van der Waals surface area contributed by atoms with Crippen LogP contribution in [0, 0.1) is 0 Å². The van der Waals surface area contributed by atoms with E-state index < -0.39 is 32.5 Å². The molecule has 0 rings (SSSR count). The molecule has 0 aromatic heterocycles. The molecule has 2 atom stereocenters. The Morgan fingerprint density at radius 2 is 0.750 bits per heavy atom. The maximum absolute atomic E-state index is 12.8. The van der Waals surface area contributed by atoms with Gasteiger partial charge in [-0.3, -0.25) is 14.2 Å². The van der Waals surface area contributed by atoms with Crippen molar-refractivity contribution in [3.63, 3.8) is 0 Å². The highest BCUT2D eigenvalue weighted by Gasteiger charge is 2.22. The van der Waals surface area contributed by atoms with Crippen LogP contribution in [0.2, 0.25) is 0 Å². The van der Waals surface area contributed by atoms with Crippen LogP contribution >= 0.6 is 7.82 Å². The van der Waals surface area contributed by atoms with Crippen molar-refractivity contribution in [1.29, 1.82) is 0 Å². The van der Waals surface area contributed by atoms with Crippen molar-refractivity contribution in [2.45, 2.75) is 251 Å². The molecule has 0 amide bonds. The molecule has 0 aliphatic rings. The summed E-state index contributed by atoms with van der Waals surface area (Å²) >= 11 is 0. The van der Waals surface area contributed by atoms with Gasteiger partial charge in [0, 0.05) is 12.8 Å². The SMILES string of the molecule is CC/C=C\C/C=C\C/C=C\C/C=C\C/C=C\C/C=C\C/C=C\C/C=C\CCCCCCCCCCCCCCC(=O)OC(COC(=O)CCCCCCC/C=C\CCCCCCCC)COP(=O)([O-])OCC[N+](C)(C)C. The van der Waals surface area contributed by atoms with Gasteiger partial charge in [-0.15, -0.1) is 0 Å². The number of quaternary nitrogens is 1. The van der Waals surface area contributed by atoms with Gasteiger partial charge in [0.1, 0.15) is 19.8 Å². The van der Waals surface area contributed by atoms with E-state index >= 15 is 0 Å². The predicted molar refractivity (Wildman–Crippen MR) is 323 cm³/mol. The molecule has 0 radical (unpaired) electrons. The first-order chi connectivity index (χ1) is 37.0. The highest BCUT2D eigenvalue weighted by Crippen LogP contribution is 2.38. The Morgan fingerprint density at radius 3 is 1.13 bits per heavy atom. The molecule has 0 fully saturated rings. The van der Waals surface area contributed by atoms with Gasteiger partial charge in [-0.2, -0.15) is 0 Å². The molecule has 0 aliphatic carbocycles. The Kier molecular flexibility index (Phi) is 53.9. The molecule has 0 spiro atoms. The van der Waals surface area contributed by atoms with E-state index in [2.05, 4.69) is 123 Å². The molecular weight excluding hydrogens is 966 g/mol. The van der Waals surface area contributed by atoms with Gasteiger partial charge in [0.2, 0.25) is 0 Å². The Bertz CT molecular complexity index is 1650. The van der Waals surface area contributed by atoms with E-state index in [0.29, 0.717) is 17.4 Å². The first kappa shape index (κ1) is 72.7. The molecule has 9 nitrogen and oxygen atoms in total. The second-order valence-electron chi connectivity index (χ2n) is 21.3. The zero-order valence-corrected chi connectivity index (χ0v) is 50.3. The largest absolute Gasteiger partial charge is 0.756 e. The number of phosphoric ester groups is 1. The van der Waals surface area contributed by atoms with Gasteiger partial charge in [0.15, 0.2) is 6.10 Å². The van der Waals surface area contributed by atoms with Crippen LogP contribution in [0.25, 0.3) is 0 Å². The van der Waals surface area contributed by atoms with Gasteiger partial charge in [0.05, 0.1) is 27.7 Å². The number of carbonyl (C=O) groups is 2. The normalized spacial score (nSPS) is 14.0. The molecule has 10 heteroatoms. The molecule has 0 saturated carbocycles. The van der Waals surface area contributed by atoms with E-state index in [0.717, 1.165) is 109 Å². The summed E-state index contributed by atoms with van der Waals surface area (Å²) in [6.45, 7) is 4.11. The van der Waals surface area contributed by atoms with Gasteiger partial charge in [-0.1, -0.05) is 239 Å². The third-order valence-corrected chi connectivity index (χ3v) is 13.7. The van der Waals surface area contributed by atoms with Crippen molar-refractivity contribution in [2.75, 3.05) is 47.5 Å². The molecule has 2 unspecified atom stereocenters. The van der Waals surface area contributed by atoms with Gasteiger partial charge < -0.3 is 27.9 Å². The number of hydrogen-bond acceptors (Lipinski definition) is 8. The summed E-state index contributed by atoms with van der Waals surface area (Å²) in [5, 5.41) is 0. The molecule has 76 heavy (non-hydrogen) atoms. The second kappa shape index (κ2) is 56.4. The summed E-state index contributed by atoms with van der Waals surface area (Å²) in [6, 6.07) is 0. The van der Waals surface area contributed by atoms with Crippen LogP contribution in [0.5, 0.6) is 0 Å². The predicted octanol–water partition coefficient (Wildman–Crippen LogP) is 18.7. The number of hydrogen-bond donors (Lipinski definition) is 0. The molecule has 0 saturated heterocycles. The molecule has 0 heterocycles. The summed E-state index contributed by atoms with van der Waals surface area (Å²) in [5.41, 5.74) is 0. The summed E-state index contributed by atoms with van der Waals surface area (Å²) in [4.78, 5) is 37.8. The summed E-state index contributed by atoms with van der Waals surface area (Å²) in [7, 11) is 1.15. The fraction of sp³-hybridized carbons (Fsp3) is 0.697. The third-order valence-electron chi connectivity index (χ3n) is 12.8. The van der Waals surface area contributed by atoms with E-state index in [4.69, 9.17) is 18.5 Å². The molecule has 0 N–H and O–H groups in total. The van der Waals surface area contributed by atoms with Crippen LogP contribution in [-0.2, 0) is 32.7 Å². The number of carbonyl (C=O) groups excluding carboxylic acids is 2. The Labute approximate surface area is 467 Å². The second-order valence-corrected chi connectivity index (χ2v) is 22.7. The van der Waals surface area contributed by atoms with Crippen molar-refractivity contribution >= 4 is 19.8 Å². The monoisotopic (exact) mass is 1080 g/mol. The average molecular weight is 1080 g/mol. The number of ether oxygens (including phenoxy) is 2. The molecule has 0 aromatic rings. The Morgan fingerprint density at radius 1 is 0.421 bits per heavy atom. The number of allylic oxidation sites excluding steroid dienone is 18. The number of phosphoric acid groups is 1. The van der Waals surface area contributed by atoms with E-state index in [-0.39, 0.29) is 26.1 Å². The molecular formula is C66H114NO8P. The minimum absolute atomic E-state index is 0.0362. The smallest absolute Gasteiger partial charge is 0.306 e. The van der Waals surface area contributed by atoms with Crippen molar-refractivity contribution in [1.82, 2.24) is 0 Å². The van der Waals surface area contributed by atoms with Gasteiger partial charge in [-0.05, 0) is 103 Å². The Balaban J connectivity index is 4.08. The first-order valence-corrected chi connectivity index (χ1v) is 32.1. The average Bonchev–Trinajstić information content (AvgIpc) is 3.38. The fourth-order valence-corrected chi connectivity index (χ4v) is 8.81. The molecule has 0 aromatic carbocycles. The standard InChI is InChI=1S/C66H114NO8P/c1-6-8-10-12-14-16-18-20-22-23-24-25-26-27-28-29-30-31-32-33-34-35-36-37-38-39-40-41-42-43-45-47-49-51-53-55-57-59-66(69)75-64(63-74-76(70,71)73-61-60-67(3,4)5)62-72-65(68)58-56-54-52-50-48-46-44-21-19-17-15-13-11-9-7-2/h8,10,14,16,20-22,24-25,27-28,30-31,33-34,36-37,44,64H,6-7,9,11-13,15,17-19,23,26,29,32,35,38-43,45-63H2,1-5H3/b10-8-,16-14-,22-20-,25-24-,28-27-,31-30-,34-33-,37-36-,44-21-. The van der Waals surface area contributed by atoms with E-state index in [1.165, 1.54) is 103 Å². The summed E-state index contributed by atoms with van der Waals surface area (Å²) in [6.07, 6.45) is 78.6. The highest BCUT2D eigenvalue weighted by molar-refractivity contribution is 7.45. The van der Waals surface area contributed by atoms with Crippen LogP contribution in [0.4, 0.5) is 0 Å². The van der Waals surface area contributed by atoms with E-state index in [9.17, 15) is 19.0 Å². The molecule has 0 aliphatic heterocycles. The molecule has 0 bridgehead atoms. The summed E-state index contributed by atoms with van der Waals surface area (Å²) < 4.78 is 34.1. The van der Waals surface area contributed by atoms with Crippen molar-refractivity contribution < 1.29 is 42.1 Å². The zero-order valence-electron chi connectivity index (χ0n) is 49.4. The van der Waals surface area contributed by atoms with Crippen molar-refractivity contribution in [3.8, 4) is 0 Å². The third kappa shape index (κ3) is 59.9. The minimum atomic E-state index is -4.64. The number of unbranched alkanes of at least 4 members (excludes halogenated alkanes) is 23. The van der Waals surface area contributed by atoms with Crippen LogP contribution in [-0.4, -0.2) is 70.0 Å². The number of likely N-dealkylation sites (N-methyl/N-ethyl adjacent to an activating group) is 1. The van der Waals surface area contributed by atoms with Crippen LogP contribution < -0.4 is 4.89 Å². The maximum Gasteiger partial charge on any atom is 0.306 e. The lowest BCUT2D eigenvalue weighted by Crippen LogP contribution is -2.37. The lowest BCUT2D eigenvalue weighted by molar-refractivity contribution is -0.870. The number of rotatable bonds is 55. The topological polar surface area (TPSA) is 111 Å². The van der Waals surface area contributed by atoms with E-state index in [1.54, 1.807) is 0 Å². The van der Waals surface area contributed by atoms with Crippen LogP contribution in [0.3, 0.4) is 0 Å². The van der Waals surface area contributed by atoms with Gasteiger partial charge in [0.25, 0.3) is 7.82 Å². The van der Waals surface area contributed by atoms with Crippen LogP contribution in [0.15, 0.2) is 109 Å². The quantitative estimate of drug-likeness (QED) is 0.0195. The van der Waals surface area contributed by atoms with Gasteiger partial charge >= 0.3 is 11.9 Å². The van der Waals surface area contributed by atoms with Crippen molar-refractivity contribution in [2.24, 2.45) is 0 Å². The Hall–Kier alpha value is -3.33. The lowest BCUT2D eigenvalue weighted by Gasteiger charge is -2.28. The van der Waals surface area contributed by atoms with Crippen molar-refractivity contribution in [3.05, 3.63) is 109 Å².